The van der Waals surface area contributed by atoms with E-state index in [-0.39, 0.29) is 11.6 Å². The smallest absolute Gasteiger partial charge is 0.220 e. The first-order valence-electron chi connectivity index (χ1n) is 5.97. The van der Waals surface area contributed by atoms with Gasteiger partial charge in [0.15, 0.2) is 0 Å². The molecule has 1 aliphatic heterocycles. The Hall–Kier alpha value is -0.610. The van der Waals surface area contributed by atoms with Crippen LogP contribution < -0.4 is 16.2 Å². The number of amides is 1. The van der Waals surface area contributed by atoms with Crippen molar-refractivity contribution in [2.75, 3.05) is 6.54 Å². The molecule has 0 atom stereocenters. The van der Waals surface area contributed by atoms with E-state index >= 15 is 0 Å². The average molecular weight is 213 g/mol. The van der Waals surface area contributed by atoms with Gasteiger partial charge in [-0.15, -0.1) is 0 Å². The maximum absolute atomic E-state index is 11.4. The molecule has 0 radical (unpaired) electrons. The van der Waals surface area contributed by atoms with Crippen LogP contribution in [-0.2, 0) is 4.79 Å². The molecule has 0 bridgehead atoms. The van der Waals surface area contributed by atoms with Crippen molar-refractivity contribution in [3.8, 4) is 0 Å². The zero-order valence-electron chi connectivity index (χ0n) is 9.86. The summed E-state index contributed by atoms with van der Waals surface area (Å²) < 4.78 is 0. The second-order valence-corrected chi connectivity index (χ2v) is 4.49. The van der Waals surface area contributed by atoms with Gasteiger partial charge in [0.05, 0.1) is 5.66 Å². The van der Waals surface area contributed by atoms with Gasteiger partial charge in [-0.1, -0.05) is 26.2 Å². The highest BCUT2D eigenvalue weighted by atomic mass is 16.1. The van der Waals surface area contributed by atoms with E-state index in [1.165, 1.54) is 19.3 Å². The summed E-state index contributed by atoms with van der Waals surface area (Å²) in [5.41, 5.74) is 6.05. The van der Waals surface area contributed by atoms with Crippen LogP contribution in [0.4, 0.5) is 0 Å². The van der Waals surface area contributed by atoms with E-state index in [0.717, 1.165) is 19.4 Å². The molecule has 1 amide bonds. The molecule has 1 saturated heterocycles. The highest BCUT2D eigenvalue weighted by Gasteiger charge is 2.35. The summed E-state index contributed by atoms with van der Waals surface area (Å²) >= 11 is 0. The molecule has 0 saturated carbocycles. The van der Waals surface area contributed by atoms with Gasteiger partial charge < -0.3 is 5.32 Å². The Labute approximate surface area is 92.2 Å². The number of carbonyl (C=O) groups is 1. The lowest BCUT2D eigenvalue weighted by atomic mass is 10.1. The summed E-state index contributed by atoms with van der Waals surface area (Å²) in [7, 11) is 0. The molecular weight excluding hydrogens is 190 g/mol. The van der Waals surface area contributed by atoms with E-state index in [9.17, 15) is 4.79 Å². The predicted molar refractivity (Wildman–Crippen MR) is 61.1 cm³/mol. The van der Waals surface area contributed by atoms with Crippen LogP contribution in [0.25, 0.3) is 0 Å². The topological polar surface area (TPSA) is 73.0 Å². The molecule has 0 aromatic carbocycles. The Kier molecular flexibility index (Phi) is 5.05. The van der Waals surface area contributed by atoms with Crippen LogP contribution in [0.15, 0.2) is 0 Å². The first-order valence-corrected chi connectivity index (χ1v) is 5.97. The van der Waals surface area contributed by atoms with Crippen molar-refractivity contribution in [2.45, 2.75) is 58.0 Å². The van der Waals surface area contributed by atoms with Crippen molar-refractivity contribution in [1.29, 1.82) is 0 Å². The van der Waals surface area contributed by atoms with E-state index < -0.39 is 0 Å². The lowest BCUT2D eigenvalue weighted by Crippen LogP contribution is -2.26. The van der Waals surface area contributed by atoms with Crippen molar-refractivity contribution >= 4 is 5.91 Å². The molecule has 15 heavy (non-hydrogen) atoms. The van der Waals surface area contributed by atoms with Crippen LogP contribution in [0.1, 0.15) is 52.4 Å². The van der Waals surface area contributed by atoms with E-state index in [1.54, 1.807) is 0 Å². The molecular formula is C11H23N3O. The molecule has 4 nitrogen and oxygen atoms in total. The van der Waals surface area contributed by atoms with Crippen LogP contribution in [0.2, 0.25) is 0 Å². The van der Waals surface area contributed by atoms with Crippen LogP contribution in [0.3, 0.4) is 0 Å². The SMILES string of the molecule is CCCCCCNC(=O)CCC1(C)NN1. The minimum atomic E-state index is 0.0134. The molecule has 1 aliphatic rings. The first-order chi connectivity index (χ1) is 7.16. The summed E-state index contributed by atoms with van der Waals surface area (Å²) in [5, 5.41) is 2.95. The van der Waals surface area contributed by atoms with E-state index in [0.29, 0.717) is 6.42 Å². The first kappa shape index (κ1) is 12.5. The number of nitrogens with one attached hydrogen (secondary N) is 3. The van der Waals surface area contributed by atoms with Gasteiger partial charge in [-0.3, -0.25) is 4.79 Å². The summed E-state index contributed by atoms with van der Waals surface area (Å²) in [4.78, 5) is 11.4. The molecule has 0 aliphatic carbocycles. The molecule has 1 fully saturated rings. The van der Waals surface area contributed by atoms with Gasteiger partial charge in [0.25, 0.3) is 0 Å². The molecule has 1 heterocycles. The fraction of sp³-hybridized carbons (Fsp3) is 0.909. The lowest BCUT2D eigenvalue weighted by molar-refractivity contribution is -0.121. The monoisotopic (exact) mass is 213 g/mol. The van der Waals surface area contributed by atoms with E-state index in [4.69, 9.17) is 0 Å². The Morgan fingerprint density at radius 3 is 2.60 bits per heavy atom. The van der Waals surface area contributed by atoms with Crippen molar-refractivity contribution < 1.29 is 4.79 Å². The number of hydrogen-bond acceptors (Lipinski definition) is 3. The van der Waals surface area contributed by atoms with Crippen molar-refractivity contribution in [1.82, 2.24) is 16.2 Å². The number of carbonyl (C=O) groups excluding carboxylic acids is 1. The number of hydrazine groups is 1. The molecule has 0 unspecified atom stereocenters. The normalized spacial score (nSPS) is 17.5. The standard InChI is InChI=1S/C11H23N3O/c1-3-4-5-6-9-12-10(15)7-8-11(2)13-14-11/h13-14H,3-9H2,1-2H3,(H,12,15). The minimum Gasteiger partial charge on any atom is -0.356 e. The molecule has 0 aromatic rings. The molecule has 4 heteroatoms. The van der Waals surface area contributed by atoms with Gasteiger partial charge in [0.1, 0.15) is 0 Å². The van der Waals surface area contributed by atoms with Crippen molar-refractivity contribution in [3.63, 3.8) is 0 Å². The number of unbranched alkanes of at least 4 members (excludes halogenated alkanes) is 3. The maximum atomic E-state index is 11.4. The molecule has 3 N–H and O–H groups in total. The fourth-order valence-electron chi connectivity index (χ4n) is 1.46. The fourth-order valence-corrected chi connectivity index (χ4v) is 1.46. The van der Waals surface area contributed by atoms with E-state index in [1.807, 2.05) is 0 Å². The van der Waals surface area contributed by atoms with E-state index in [2.05, 4.69) is 30.0 Å². The molecule has 0 aromatic heterocycles. The maximum Gasteiger partial charge on any atom is 0.220 e. The average Bonchev–Trinajstić information content (AvgIpc) is 2.94. The van der Waals surface area contributed by atoms with Gasteiger partial charge in [-0.25, -0.2) is 10.9 Å². The Morgan fingerprint density at radius 2 is 2.00 bits per heavy atom. The van der Waals surface area contributed by atoms with Gasteiger partial charge in [0.2, 0.25) is 5.91 Å². The third-order valence-electron chi connectivity index (χ3n) is 2.76. The highest BCUT2D eigenvalue weighted by Crippen LogP contribution is 2.15. The zero-order chi connectivity index (χ0) is 11.1. The highest BCUT2D eigenvalue weighted by molar-refractivity contribution is 5.75. The summed E-state index contributed by atoms with van der Waals surface area (Å²) in [6.45, 7) is 5.08. The van der Waals surface area contributed by atoms with Crippen LogP contribution >= 0.6 is 0 Å². The Morgan fingerprint density at radius 1 is 1.27 bits per heavy atom. The Bertz CT molecular complexity index is 202. The third kappa shape index (κ3) is 5.74. The second-order valence-electron chi connectivity index (χ2n) is 4.49. The Balaban J connectivity index is 1.89. The second kappa shape index (κ2) is 6.08. The zero-order valence-corrected chi connectivity index (χ0v) is 9.86. The quantitative estimate of drug-likeness (QED) is 0.420. The van der Waals surface area contributed by atoms with Gasteiger partial charge in [-0.05, 0) is 19.8 Å². The third-order valence-corrected chi connectivity index (χ3v) is 2.76. The summed E-state index contributed by atoms with van der Waals surface area (Å²) in [6, 6.07) is 0. The number of hydrogen-bond donors (Lipinski definition) is 3. The largest absolute Gasteiger partial charge is 0.356 e. The molecule has 1 rings (SSSR count). The predicted octanol–water partition coefficient (Wildman–Crippen LogP) is 1.29. The molecule has 0 spiro atoms. The van der Waals surface area contributed by atoms with Gasteiger partial charge in [0, 0.05) is 13.0 Å². The van der Waals surface area contributed by atoms with Crippen LogP contribution in [-0.4, -0.2) is 18.1 Å². The lowest BCUT2D eigenvalue weighted by Gasteiger charge is -2.06. The van der Waals surface area contributed by atoms with Crippen LogP contribution in [0.5, 0.6) is 0 Å². The minimum absolute atomic E-state index is 0.0134. The van der Waals surface area contributed by atoms with Crippen LogP contribution in [0, 0.1) is 0 Å². The summed E-state index contributed by atoms with van der Waals surface area (Å²) in [5.74, 6) is 0.170. The van der Waals surface area contributed by atoms with Gasteiger partial charge in [-0.2, -0.15) is 0 Å². The number of rotatable bonds is 8. The van der Waals surface area contributed by atoms with Crippen molar-refractivity contribution in [2.24, 2.45) is 0 Å². The molecule has 88 valence electrons. The summed E-state index contributed by atoms with van der Waals surface area (Å²) in [6.07, 6.45) is 6.29. The van der Waals surface area contributed by atoms with Gasteiger partial charge >= 0.3 is 0 Å². The van der Waals surface area contributed by atoms with Crippen molar-refractivity contribution in [3.05, 3.63) is 0 Å².